The molecule has 0 spiro atoms. The Morgan fingerprint density at radius 1 is 0.286 bits per heavy atom. The van der Waals surface area contributed by atoms with Gasteiger partial charge in [0.25, 0.3) is 0 Å². The molecule has 0 saturated carbocycles. The number of Topliss-reactive ketones (excluding diaryl/α,β-unsaturated/α-hetero) is 2. The molecule has 0 aromatic rings. The number of hydrogen-bond acceptors (Lipinski definition) is 2. The molecule has 0 bridgehead atoms. The molecule has 0 N–H and O–H groups in total. The summed E-state index contributed by atoms with van der Waals surface area (Å²) < 4.78 is 0. The molecule has 0 aromatic carbocycles. The van der Waals surface area contributed by atoms with Gasteiger partial charge in [-0.25, -0.2) is 0 Å². The van der Waals surface area contributed by atoms with Gasteiger partial charge in [0.1, 0.15) is 11.6 Å². The molecule has 2 nitrogen and oxygen atoms in total. The van der Waals surface area contributed by atoms with Gasteiger partial charge in [-0.15, -0.1) is 0 Å². The number of hydrogen-bond donors (Lipinski definition) is 0. The molecule has 2 heteroatoms. The van der Waals surface area contributed by atoms with E-state index in [1.165, 1.54) is 154 Å². The maximum Gasteiger partial charge on any atom is 0.132 e. The summed E-state index contributed by atoms with van der Waals surface area (Å²) in [6.45, 7) is 20.7. The molecule has 0 aromatic heterocycles. The third-order valence-corrected chi connectivity index (χ3v) is 8.11. The van der Waals surface area contributed by atoms with Crippen LogP contribution in [0.1, 0.15) is 340 Å². The Hall–Kier alpha value is -0.660. The van der Waals surface area contributed by atoms with E-state index in [0.717, 1.165) is 12.8 Å². The first-order valence-corrected chi connectivity index (χ1v) is 19.2. The van der Waals surface area contributed by atoms with E-state index in [0.29, 0.717) is 11.7 Å². The molecule has 0 aliphatic carbocycles. The van der Waals surface area contributed by atoms with Crippen LogP contribution in [0.5, 0.6) is 0 Å². The normalized spacial score (nSPS) is 7.79. The van der Waals surface area contributed by atoms with Crippen molar-refractivity contribution in [3.05, 3.63) is 0 Å². The Kier molecular flexibility index (Phi) is 232. The van der Waals surface area contributed by atoms with Gasteiger partial charge in [-0.3, -0.25) is 9.59 Å². The zero-order valence-electron chi connectivity index (χ0n) is 31.4. The summed E-state index contributed by atoms with van der Waals surface area (Å²) in [5, 5.41) is 0. The molecular formula is C54H140O2. The Balaban J connectivity index is -0.0000000218. The number of unbranched alkanes of at least 4 members (excludes halogenated alkanes) is 20. The van der Waals surface area contributed by atoms with Gasteiger partial charge < -0.3 is 0 Å². The van der Waals surface area contributed by atoms with Gasteiger partial charge in [0.15, 0.2) is 0 Å². The SMILES string of the molecule is C.C.C.C.C.C.C.C.C.C.C.C.C.C.CC(=O)C(C)C.CCCCCCCC.CCCCCCCC.CCCCCCCCC(CCCCCCCC)C(C)=O. The first-order chi connectivity index (χ1) is 20.2. The van der Waals surface area contributed by atoms with Gasteiger partial charge in [0.2, 0.25) is 0 Å². The van der Waals surface area contributed by atoms with Crippen molar-refractivity contribution in [3.63, 3.8) is 0 Å². The fourth-order valence-corrected chi connectivity index (χ4v) is 4.60. The second-order valence-electron chi connectivity index (χ2n) is 13.0. The number of carbonyl (C=O) groups is 2. The summed E-state index contributed by atoms with van der Waals surface area (Å²) >= 11 is 0. The lowest BCUT2D eigenvalue weighted by molar-refractivity contribution is -0.121. The summed E-state index contributed by atoms with van der Waals surface area (Å²) in [5.74, 6) is 1.25. The van der Waals surface area contributed by atoms with E-state index in [9.17, 15) is 9.59 Å². The van der Waals surface area contributed by atoms with E-state index in [4.69, 9.17) is 0 Å². The highest BCUT2D eigenvalue weighted by molar-refractivity contribution is 5.78. The molecule has 0 atom stereocenters. The second-order valence-corrected chi connectivity index (χ2v) is 13.0. The average Bonchev–Trinajstić information content (AvgIpc) is 2.97. The van der Waals surface area contributed by atoms with Crippen molar-refractivity contribution >= 4 is 11.6 Å². The maximum atomic E-state index is 11.7. The zero-order valence-corrected chi connectivity index (χ0v) is 31.4. The van der Waals surface area contributed by atoms with E-state index in [1.807, 2.05) is 13.8 Å². The highest BCUT2D eigenvalue weighted by Crippen LogP contribution is 2.20. The maximum absolute atomic E-state index is 11.7. The van der Waals surface area contributed by atoms with Crippen LogP contribution in [-0.4, -0.2) is 11.6 Å². The molecule has 0 fully saturated rings. The second kappa shape index (κ2) is 111. The minimum absolute atomic E-state index is 0. The van der Waals surface area contributed by atoms with Crippen molar-refractivity contribution < 1.29 is 9.59 Å². The zero-order chi connectivity index (χ0) is 32.7. The largest absolute Gasteiger partial charge is 0.300 e. The number of carbonyl (C=O) groups excluding carboxylic acids is 2. The van der Waals surface area contributed by atoms with Crippen molar-refractivity contribution in [1.82, 2.24) is 0 Å². The van der Waals surface area contributed by atoms with Crippen LogP contribution in [0.4, 0.5) is 0 Å². The van der Waals surface area contributed by atoms with E-state index >= 15 is 0 Å². The third kappa shape index (κ3) is 131. The van der Waals surface area contributed by atoms with Gasteiger partial charge in [-0.05, 0) is 26.7 Å². The van der Waals surface area contributed by atoms with Crippen LogP contribution in [0.2, 0.25) is 0 Å². The van der Waals surface area contributed by atoms with Crippen LogP contribution < -0.4 is 0 Å². The number of ketones is 2. The highest BCUT2D eigenvalue weighted by Gasteiger charge is 2.13. The van der Waals surface area contributed by atoms with Crippen molar-refractivity contribution in [2.24, 2.45) is 11.8 Å². The topological polar surface area (TPSA) is 34.1 Å². The molecule has 0 amide bonds. The summed E-state index contributed by atoms with van der Waals surface area (Å²) in [4.78, 5) is 21.8. The lowest BCUT2D eigenvalue weighted by atomic mass is 9.91. The predicted octanol–water partition coefficient (Wildman–Crippen LogP) is 23.6. The fourth-order valence-electron chi connectivity index (χ4n) is 4.60. The molecule has 0 aliphatic rings. The van der Waals surface area contributed by atoms with Crippen LogP contribution in [-0.2, 0) is 9.59 Å². The highest BCUT2D eigenvalue weighted by atomic mass is 16.1. The predicted molar refractivity (Wildman–Crippen MR) is 288 cm³/mol. The Bertz CT molecular complexity index is 443. The molecule has 0 radical (unpaired) electrons. The smallest absolute Gasteiger partial charge is 0.132 e. The van der Waals surface area contributed by atoms with E-state index < -0.39 is 0 Å². The van der Waals surface area contributed by atoms with Crippen LogP contribution in [0, 0.1) is 11.8 Å². The molecule has 368 valence electrons. The molecule has 0 saturated heterocycles. The number of rotatable bonds is 26. The summed E-state index contributed by atoms with van der Waals surface area (Å²) in [7, 11) is 0. The van der Waals surface area contributed by atoms with E-state index in [1.54, 1.807) is 13.8 Å². The summed E-state index contributed by atoms with van der Waals surface area (Å²) in [6, 6.07) is 0. The minimum atomic E-state index is 0. The van der Waals surface area contributed by atoms with Gasteiger partial charge in [-0.2, -0.15) is 0 Å². The first kappa shape index (κ1) is 117. The lowest BCUT2D eigenvalue weighted by Gasteiger charge is -2.13. The van der Waals surface area contributed by atoms with Crippen molar-refractivity contribution in [2.45, 2.75) is 340 Å². The fraction of sp³-hybridized carbons (Fsp3) is 0.963. The molecule has 0 rings (SSSR count). The van der Waals surface area contributed by atoms with Crippen LogP contribution in [0.25, 0.3) is 0 Å². The van der Waals surface area contributed by atoms with Gasteiger partial charge >= 0.3 is 0 Å². The standard InChI is InChI=1S/C19H38O.2C8H18.C5H10O.14CH4/c1-4-6-8-10-12-14-16-19(18(3)20)17-15-13-11-9-7-5-2;2*1-3-5-7-8-6-4-2;1-4(2)5(3)6;;;;;;;;;;;;;;/h19H,4-17H2,1-3H3;2*3-8H2,1-2H3;4H,1-3H3;14*1H4. The average molecular weight is 822 g/mol. The monoisotopic (exact) mass is 821 g/mol. The van der Waals surface area contributed by atoms with E-state index in [-0.39, 0.29) is 116 Å². The molecule has 56 heavy (non-hydrogen) atoms. The van der Waals surface area contributed by atoms with Gasteiger partial charge in [0, 0.05) is 11.8 Å². The van der Waals surface area contributed by atoms with Gasteiger partial charge in [0.05, 0.1) is 0 Å². The molecule has 0 aliphatic heterocycles. The van der Waals surface area contributed by atoms with Crippen molar-refractivity contribution in [1.29, 1.82) is 0 Å². The first-order valence-electron chi connectivity index (χ1n) is 19.2. The summed E-state index contributed by atoms with van der Waals surface area (Å²) in [5.41, 5.74) is 0. The van der Waals surface area contributed by atoms with Crippen LogP contribution >= 0.6 is 0 Å². The lowest BCUT2D eigenvalue weighted by Crippen LogP contribution is -2.10. The Labute approximate surface area is 372 Å². The van der Waals surface area contributed by atoms with Gasteiger partial charge in [-0.1, -0.05) is 313 Å². The van der Waals surface area contributed by atoms with Crippen molar-refractivity contribution in [3.8, 4) is 0 Å². The quantitative estimate of drug-likeness (QED) is 0.0815. The van der Waals surface area contributed by atoms with Crippen molar-refractivity contribution in [2.75, 3.05) is 0 Å². The van der Waals surface area contributed by atoms with Crippen LogP contribution in [0.15, 0.2) is 0 Å². The molecular weight excluding hydrogens is 681 g/mol. The Morgan fingerprint density at radius 2 is 0.429 bits per heavy atom. The minimum Gasteiger partial charge on any atom is -0.300 e. The van der Waals surface area contributed by atoms with E-state index in [2.05, 4.69) is 41.5 Å². The molecule has 0 heterocycles. The summed E-state index contributed by atoms with van der Waals surface area (Å²) in [6.07, 6.45) is 35.2. The Morgan fingerprint density at radius 3 is 0.554 bits per heavy atom. The molecule has 0 unspecified atom stereocenters. The van der Waals surface area contributed by atoms with Crippen LogP contribution in [0.3, 0.4) is 0 Å². The third-order valence-electron chi connectivity index (χ3n) is 8.11.